The number of rotatable bonds is 11. The molecule has 0 bridgehead atoms. The van der Waals surface area contributed by atoms with Crippen LogP contribution in [-0.4, -0.2) is 74.7 Å². The number of nitrogens with zero attached hydrogens (tertiary/aromatic N) is 2. The lowest BCUT2D eigenvalue weighted by Gasteiger charge is -2.32. The molecule has 5 heteroatoms. The first-order chi connectivity index (χ1) is 9.75. The van der Waals surface area contributed by atoms with Crippen molar-refractivity contribution in [2.75, 3.05) is 47.4 Å². The van der Waals surface area contributed by atoms with Crippen molar-refractivity contribution >= 4 is 5.97 Å². The zero-order valence-electron chi connectivity index (χ0n) is 15.0. The van der Waals surface area contributed by atoms with Crippen molar-refractivity contribution in [2.24, 2.45) is 0 Å². The molecule has 0 aliphatic carbocycles. The lowest BCUT2D eigenvalue weighted by molar-refractivity contribution is -0.148. The molecule has 0 aliphatic heterocycles. The van der Waals surface area contributed by atoms with Crippen molar-refractivity contribution in [1.82, 2.24) is 15.1 Å². The van der Waals surface area contributed by atoms with Crippen molar-refractivity contribution in [3.63, 3.8) is 0 Å². The molecule has 0 amide bonds. The normalized spacial score (nSPS) is 14.8. The molecule has 0 aromatic rings. The first-order valence-corrected chi connectivity index (χ1v) is 7.98. The van der Waals surface area contributed by atoms with Gasteiger partial charge in [-0.25, -0.2) is 0 Å². The second-order valence-electron chi connectivity index (χ2n) is 6.46. The molecule has 1 N–H and O–H groups in total. The summed E-state index contributed by atoms with van der Waals surface area (Å²) < 4.78 is 4.97. The highest BCUT2D eigenvalue weighted by Gasteiger charge is 2.34. The number of ether oxygens (including phenoxy) is 1. The molecule has 0 fully saturated rings. The van der Waals surface area contributed by atoms with E-state index in [9.17, 15) is 4.79 Å². The fraction of sp³-hybridized carbons (Fsp3) is 0.938. The largest absolute Gasteiger partial charge is 0.468 e. The third-order valence-corrected chi connectivity index (χ3v) is 3.70. The third kappa shape index (κ3) is 8.39. The van der Waals surface area contributed by atoms with Gasteiger partial charge in [-0.15, -0.1) is 0 Å². The van der Waals surface area contributed by atoms with E-state index in [1.807, 2.05) is 6.92 Å². The van der Waals surface area contributed by atoms with Crippen LogP contribution in [-0.2, 0) is 9.53 Å². The minimum absolute atomic E-state index is 0.180. The maximum Gasteiger partial charge on any atom is 0.325 e. The van der Waals surface area contributed by atoms with E-state index in [0.29, 0.717) is 0 Å². The summed E-state index contributed by atoms with van der Waals surface area (Å²) in [7, 11) is 5.64. The van der Waals surface area contributed by atoms with E-state index in [0.717, 1.165) is 39.0 Å². The molecule has 0 aromatic heterocycles. The van der Waals surface area contributed by atoms with Crippen LogP contribution in [0.4, 0.5) is 0 Å². The molecule has 126 valence electrons. The van der Waals surface area contributed by atoms with E-state index in [1.165, 1.54) is 7.11 Å². The monoisotopic (exact) mass is 301 g/mol. The highest BCUT2D eigenvalue weighted by Crippen LogP contribution is 2.14. The van der Waals surface area contributed by atoms with Gasteiger partial charge in [0.2, 0.25) is 0 Å². The highest BCUT2D eigenvalue weighted by atomic mass is 16.5. The second-order valence-corrected chi connectivity index (χ2v) is 6.46. The highest BCUT2D eigenvalue weighted by molar-refractivity contribution is 5.80. The molecule has 0 saturated heterocycles. The van der Waals surface area contributed by atoms with E-state index in [-0.39, 0.29) is 12.0 Å². The maximum atomic E-state index is 12.1. The molecular formula is C16H35N3O2. The van der Waals surface area contributed by atoms with Gasteiger partial charge in [0.15, 0.2) is 0 Å². The van der Waals surface area contributed by atoms with Crippen LogP contribution in [0.2, 0.25) is 0 Å². The second kappa shape index (κ2) is 10.1. The zero-order valence-corrected chi connectivity index (χ0v) is 15.0. The van der Waals surface area contributed by atoms with E-state index < -0.39 is 5.54 Å². The summed E-state index contributed by atoms with van der Waals surface area (Å²) >= 11 is 0. The minimum Gasteiger partial charge on any atom is -0.468 e. The fourth-order valence-corrected chi connectivity index (χ4v) is 2.52. The predicted molar refractivity (Wildman–Crippen MR) is 88.6 cm³/mol. The van der Waals surface area contributed by atoms with Gasteiger partial charge >= 0.3 is 5.97 Å². The summed E-state index contributed by atoms with van der Waals surface area (Å²) in [5, 5.41) is 3.35. The van der Waals surface area contributed by atoms with Crippen LogP contribution in [0.5, 0.6) is 0 Å². The summed E-state index contributed by atoms with van der Waals surface area (Å²) in [4.78, 5) is 16.7. The van der Waals surface area contributed by atoms with Gasteiger partial charge in [0, 0.05) is 12.6 Å². The third-order valence-electron chi connectivity index (χ3n) is 3.70. The average Bonchev–Trinajstić information content (AvgIpc) is 2.40. The number of methoxy groups -OCH3 is 1. The van der Waals surface area contributed by atoms with Gasteiger partial charge < -0.3 is 14.5 Å². The molecule has 1 unspecified atom stereocenters. The van der Waals surface area contributed by atoms with Crippen LogP contribution < -0.4 is 5.32 Å². The van der Waals surface area contributed by atoms with Crippen LogP contribution in [0.15, 0.2) is 0 Å². The van der Waals surface area contributed by atoms with Crippen LogP contribution in [0, 0.1) is 0 Å². The Bertz CT molecular complexity index is 295. The van der Waals surface area contributed by atoms with Gasteiger partial charge in [0.25, 0.3) is 0 Å². The molecule has 0 heterocycles. The summed E-state index contributed by atoms with van der Waals surface area (Å²) in [6.45, 7) is 12.3. The van der Waals surface area contributed by atoms with Gasteiger partial charge in [-0.2, -0.15) is 0 Å². The molecule has 0 aliphatic rings. The molecule has 1 atom stereocenters. The molecule has 0 saturated carbocycles. The van der Waals surface area contributed by atoms with E-state index in [2.05, 4.69) is 50.0 Å². The lowest BCUT2D eigenvalue weighted by Crippen LogP contribution is -2.54. The van der Waals surface area contributed by atoms with Gasteiger partial charge in [-0.1, -0.05) is 6.92 Å². The number of esters is 1. The van der Waals surface area contributed by atoms with E-state index in [4.69, 9.17) is 4.74 Å². The minimum atomic E-state index is -0.613. The first-order valence-electron chi connectivity index (χ1n) is 7.98. The maximum absolute atomic E-state index is 12.1. The van der Waals surface area contributed by atoms with Crippen molar-refractivity contribution in [3.05, 3.63) is 0 Å². The SMILES string of the molecule is CCN(CCCN(C)C)CCC(C)(NC(C)C)C(=O)OC. The lowest BCUT2D eigenvalue weighted by atomic mass is 9.96. The Hall–Kier alpha value is -0.650. The number of nitrogens with one attached hydrogen (secondary N) is 1. The Labute approximate surface area is 131 Å². The number of hydrogen-bond donors (Lipinski definition) is 1. The van der Waals surface area contributed by atoms with Crippen molar-refractivity contribution < 1.29 is 9.53 Å². The quantitative estimate of drug-likeness (QED) is 0.587. The molecule has 0 radical (unpaired) electrons. The van der Waals surface area contributed by atoms with Crippen LogP contribution in [0.3, 0.4) is 0 Å². The predicted octanol–water partition coefficient (Wildman–Crippen LogP) is 1.58. The summed E-state index contributed by atoms with van der Waals surface area (Å²) in [6, 6.07) is 0.248. The van der Waals surface area contributed by atoms with E-state index in [1.54, 1.807) is 0 Å². The molecule has 0 rings (SSSR count). The first kappa shape index (κ1) is 20.3. The summed E-state index contributed by atoms with van der Waals surface area (Å²) in [5.41, 5.74) is -0.613. The molecule has 21 heavy (non-hydrogen) atoms. The smallest absolute Gasteiger partial charge is 0.325 e. The Morgan fingerprint density at radius 3 is 2.29 bits per heavy atom. The molecule has 0 aromatic carbocycles. The number of carbonyl (C=O) groups excluding carboxylic acids is 1. The summed E-state index contributed by atoms with van der Waals surface area (Å²) in [5.74, 6) is -0.180. The Kier molecular flexibility index (Phi) is 9.83. The van der Waals surface area contributed by atoms with Gasteiger partial charge in [0.05, 0.1) is 7.11 Å². The van der Waals surface area contributed by atoms with Crippen molar-refractivity contribution in [1.29, 1.82) is 0 Å². The van der Waals surface area contributed by atoms with Crippen LogP contribution >= 0.6 is 0 Å². The molecule has 0 spiro atoms. The Morgan fingerprint density at radius 1 is 1.24 bits per heavy atom. The van der Waals surface area contributed by atoms with Gasteiger partial charge in [-0.05, 0) is 67.3 Å². The Balaban J connectivity index is 4.46. The Morgan fingerprint density at radius 2 is 1.86 bits per heavy atom. The van der Waals surface area contributed by atoms with Gasteiger partial charge in [0.1, 0.15) is 5.54 Å². The van der Waals surface area contributed by atoms with Gasteiger partial charge in [-0.3, -0.25) is 10.1 Å². The van der Waals surface area contributed by atoms with Crippen LogP contribution in [0.1, 0.15) is 40.5 Å². The van der Waals surface area contributed by atoms with Crippen LogP contribution in [0.25, 0.3) is 0 Å². The molecular weight excluding hydrogens is 266 g/mol. The summed E-state index contributed by atoms with van der Waals surface area (Å²) in [6.07, 6.45) is 1.90. The van der Waals surface area contributed by atoms with E-state index >= 15 is 0 Å². The van der Waals surface area contributed by atoms with Crippen molar-refractivity contribution in [3.8, 4) is 0 Å². The molecule has 5 nitrogen and oxygen atoms in total. The topological polar surface area (TPSA) is 44.8 Å². The number of hydrogen-bond acceptors (Lipinski definition) is 5. The standard InChI is InChI=1S/C16H35N3O2/c1-8-19(12-9-11-18(5)6)13-10-16(4,15(20)21-7)17-14(2)3/h14,17H,8-13H2,1-7H3. The average molecular weight is 301 g/mol. The van der Waals surface area contributed by atoms with Crippen molar-refractivity contribution in [2.45, 2.75) is 52.1 Å². The number of carbonyl (C=O) groups is 1. The zero-order chi connectivity index (χ0) is 16.5. The fourth-order valence-electron chi connectivity index (χ4n) is 2.52.